The lowest BCUT2D eigenvalue weighted by molar-refractivity contribution is -0.119. The number of hydrogen-bond donors (Lipinski definition) is 2. The monoisotopic (exact) mass is 262 g/mol. The van der Waals surface area contributed by atoms with Crippen molar-refractivity contribution in [3.63, 3.8) is 0 Å². The number of carbonyl (C=O) groups is 1. The molecule has 4 nitrogen and oxygen atoms in total. The van der Waals surface area contributed by atoms with Crippen LogP contribution in [0, 0.1) is 5.41 Å². The molecule has 1 unspecified atom stereocenters. The molecular formula is C12H26N2O2S. The predicted octanol–water partition coefficient (Wildman–Crippen LogP) is 1.02. The molecule has 0 spiro atoms. The maximum atomic E-state index is 11.6. The predicted molar refractivity (Wildman–Crippen MR) is 73.2 cm³/mol. The third-order valence-electron chi connectivity index (χ3n) is 2.52. The van der Waals surface area contributed by atoms with Crippen molar-refractivity contribution in [3.05, 3.63) is 0 Å². The Morgan fingerprint density at radius 1 is 1.41 bits per heavy atom. The molecule has 0 aromatic carbocycles. The minimum atomic E-state index is -1.06. The standard InChI is InChI=1S/C12H26N2O2S/c1-10(2)14-11(15)8-17(16)7-5-6-12(3,4)9-13/h10H,5-9,13H2,1-4H3,(H,14,15). The van der Waals surface area contributed by atoms with Crippen LogP contribution in [-0.2, 0) is 15.6 Å². The third kappa shape index (κ3) is 9.30. The summed E-state index contributed by atoms with van der Waals surface area (Å²) in [4.78, 5) is 11.4. The highest BCUT2D eigenvalue weighted by atomic mass is 32.2. The van der Waals surface area contributed by atoms with E-state index in [1.807, 2.05) is 13.8 Å². The van der Waals surface area contributed by atoms with E-state index >= 15 is 0 Å². The first-order valence-electron chi connectivity index (χ1n) is 6.11. The maximum absolute atomic E-state index is 11.6. The second-order valence-electron chi connectivity index (χ2n) is 5.48. The van der Waals surface area contributed by atoms with E-state index in [4.69, 9.17) is 5.73 Å². The molecule has 5 heteroatoms. The number of amides is 1. The molecule has 0 fully saturated rings. The van der Waals surface area contributed by atoms with E-state index in [1.165, 1.54) is 0 Å². The second kappa shape index (κ2) is 7.82. The van der Waals surface area contributed by atoms with Gasteiger partial charge in [0.1, 0.15) is 5.75 Å². The minimum Gasteiger partial charge on any atom is -0.353 e. The molecule has 3 N–H and O–H groups in total. The van der Waals surface area contributed by atoms with E-state index in [1.54, 1.807) is 0 Å². The van der Waals surface area contributed by atoms with E-state index in [2.05, 4.69) is 19.2 Å². The summed E-state index contributed by atoms with van der Waals surface area (Å²) in [5.41, 5.74) is 5.72. The molecule has 0 heterocycles. The van der Waals surface area contributed by atoms with Crippen LogP contribution in [0.25, 0.3) is 0 Å². The molecule has 0 aliphatic heterocycles. The zero-order valence-electron chi connectivity index (χ0n) is 11.4. The van der Waals surface area contributed by atoms with Crippen molar-refractivity contribution in [1.29, 1.82) is 0 Å². The van der Waals surface area contributed by atoms with Gasteiger partial charge in [-0.05, 0) is 38.6 Å². The molecule has 0 aliphatic rings. The van der Waals surface area contributed by atoms with Crippen molar-refractivity contribution in [2.75, 3.05) is 18.1 Å². The van der Waals surface area contributed by atoms with Gasteiger partial charge in [-0.3, -0.25) is 9.00 Å². The first kappa shape index (κ1) is 16.6. The van der Waals surface area contributed by atoms with E-state index in [0.29, 0.717) is 12.3 Å². The summed E-state index contributed by atoms with van der Waals surface area (Å²) in [6.07, 6.45) is 1.80. The van der Waals surface area contributed by atoms with Gasteiger partial charge in [0.15, 0.2) is 0 Å². The van der Waals surface area contributed by atoms with Gasteiger partial charge >= 0.3 is 0 Å². The van der Waals surface area contributed by atoms with Crippen molar-refractivity contribution in [2.24, 2.45) is 11.1 Å². The molecule has 0 aromatic heterocycles. The SMILES string of the molecule is CC(C)NC(=O)CS(=O)CCCC(C)(C)CN. The maximum Gasteiger partial charge on any atom is 0.232 e. The zero-order valence-corrected chi connectivity index (χ0v) is 12.2. The highest BCUT2D eigenvalue weighted by Crippen LogP contribution is 2.20. The van der Waals surface area contributed by atoms with Gasteiger partial charge in [0.05, 0.1) is 0 Å². The summed E-state index contributed by atoms with van der Waals surface area (Å²) in [6.45, 7) is 8.62. The quantitative estimate of drug-likeness (QED) is 0.686. The Labute approximate surface area is 107 Å². The molecule has 0 bridgehead atoms. The summed E-state index contributed by atoms with van der Waals surface area (Å²) in [7, 11) is -1.06. The zero-order chi connectivity index (χ0) is 13.5. The average molecular weight is 262 g/mol. The van der Waals surface area contributed by atoms with Crippen molar-refractivity contribution in [1.82, 2.24) is 5.32 Å². The number of nitrogens with two attached hydrogens (primary N) is 1. The van der Waals surface area contributed by atoms with E-state index in [-0.39, 0.29) is 23.1 Å². The van der Waals surface area contributed by atoms with Gasteiger partial charge in [-0.15, -0.1) is 0 Å². The van der Waals surface area contributed by atoms with Gasteiger partial charge < -0.3 is 11.1 Å². The van der Waals surface area contributed by atoms with Crippen LogP contribution in [0.5, 0.6) is 0 Å². The molecule has 0 radical (unpaired) electrons. The molecule has 17 heavy (non-hydrogen) atoms. The molecule has 0 saturated carbocycles. The lowest BCUT2D eigenvalue weighted by Gasteiger charge is -2.21. The fraction of sp³-hybridized carbons (Fsp3) is 0.917. The highest BCUT2D eigenvalue weighted by Gasteiger charge is 2.16. The molecular weight excluding hydrogens is 236 g/mol. The molecule has 0 rings (SSSR count). The number of rotatable bonds is 8. The highest BCUT2D eigenvalue weighted by molar-refractivity contribution is 7.85. The van der Waals surface area contributed by atoms with Crippen molar-refractivity contribution in [3.8, 4) is 0 Å². The van der Waals surface area contributed by atoms with Gasteiger partial charge in [-0.2, -0.15) is 0 Å². The fourth-order valence-electron chi connectivity index (χ4n) is 1.40. The van der Waals surface area contributed by atoms with Crippen molar-refractivity contribution in [2.45, 2.75) is 46.6 Å². The summed E-state index contributed by atoms with van der Waals surface area (Å²) < 4.78 is 11.6. The Kier molecular flexibility index (Phi) is 7.63. The van der Waals surface area contributed by atoms with E-state index in [0.717, 1.165) is 12.8 Å². The molecule has 1 amide bonds. The molecule has 1 atom stereocenters. The van der Waals surface area contributed by atoms with Crippen molar-refractivity contribution < 1.29 is 9.00 Å². The van der Waals surface area contributed by atoms with E-state index < -0.39 is 10.8 Å². The average Bonchev–Trinajstić information content (AvgIpc) is 2.15. The van der Waals surface area contributed by atoms with Crippen LogP contribution in [0.3, 0.4) is 0 Å². The van der Waals surface area contributed by atoms with Crippen LogP contribution in [0.15, 0.2) is 0 Å². The van der Waals surface area contributed by atoms with Crippen LogP contribution in [0.2, 0.25) is 0 Å². The van der Waals surface area contributed by atoms with Crippen LogP contribution in [0.1, 0.15) is 40.5 Å². The number of nitrogens with one attached hydrogen (secondary N) is 1. The minimum absolute atomic E-state index is 0.102. The lowest BCUT2D eigenvalue weighted by atomic mass is 9.88. The lowest BCUT2D eigenvalue weighted by Crippen LogP contribution is -2.34. The smallest absolute Gasteiger partial charge is 0.232 e. The van der Waals surface area contributed by atoms with Crippen molar-refractivity contribution >= 4 is 16.7 Å². The third-order valence-corrected chi connectivity index (χ3v) is 3.85. The van der Waals surface area contributed by atoms with Crippen LogP contribution < -0.4 is 11.1 Å². The summed E-state index contributed by atoms with van der Waals surface area (Å²) in [6, 6.07) is 0.107. The Morgan fingerprint density at radius 2 is 2.00 bits per heavy atom. The summed E-state index contributed by atoms with van der Waals surface area (Å²) in [5.74, 6) is 0.562. The van der Waals surface area contributed by atoms with Gasteiger partial charge in [0.25, 0.3) is 0 Å². The largest absolute Gasteiger partial charge is 0.353 e. The summed E-state index contributed by atoms with van der Waals surface area (Å²) in [5, 5.41) is 2.74. The van der Waals surface area contributed by atoms with Gasteiger partial charge in [0.2, 0.25) is 5.91 Å². The van der Waals surface area contributed by atoms with Gasteiger partial charge in [-0.1, -0.05) is 13.8 Å². The Morgan fingerprint density at radius 3 is 2.47 bits per heavy atom. The molecule has 0 aromatic rings. The van der Waals surface area contributed by atoms with Gasteiger partial charge in [0, 0.05) is 22.6 Å². The first-order chi connectivity index (χ1) is 7.76. The molecule has 102 valence electrons. The van der Waals surface area contributed by atoms with E-state index in [9.17, 15) is 9.00 Å². The molecule has 0 saturated heterocycles. The first-order valence-corrected chi connectivity index (χ1v) is 7.60. The Hall–Kier alpha value is -0.420. The number of hydrogen-bond acceptors (Lipinski definition) is 3. The van der Waals surface area contributed by atoms with Gasteiger partial charge in [-0.25, -0.2) is 0 Å². The summed E-state index contributed by atoms with van der Waals surface area (Å²) >= 11 is 0. The Balaban J connectivity index is 3.77. The fourth-order valence-corrected chi connectivity index (χ4v) is 2.38. The number of carbonyl (C=O) groups excluding carboxylic acids is 1. The molecule has 0 aliphatic carbocycles. The second-order valence-corrected chi connectivity index (χ2v) is 7.06. The van der Waals surface area contributed by atoms with Crippen LogP contribution in [0.4, 0.5) is 0 Å². The van der Waals surface area contributed by atoms with Crippen LogP contribution >= 0.6 is 0 Å². The van der Waals surface area contributed by atoms with Crippen LogP contribution in [-0.4, -0.2) is 34.2 Å². The normalized spacial score (nSPS) is 13.8. The Bertz CT molecular complexity index is 265. The topological polar surface area (TPSA) is 72.2 Å².